The highest BCUT2D eigenvalue weighted by molar-refractivity contribution is 7.92. The predicted molar refractivity (Wildman–Crippen MR) is 117 cm³/mol. The first-order valence-electron chi connectivity index (χ1n) is 9.61. The number of hydrogen-bond donors (Lipinski definition) is 2. The Morgan fingerprint density at radius 2 is 1.74 bits per heavy atom. The second-order valence-corrected chi connectivity index (χ2v) is 8.79. The molecule has 2 aromatic heterocycles. The molecule has 8 nitrogen and oxygen atoms in total. The lowest BCUT2D eigenvalue weighted by Crippen LogP contribution is -2.24. The highest BCUT2D eigenvalue weighted by Crippen LogP contribution is 2.22. The number of carbonyl (C=O) groups is 1. The molecule has 31 heavy (non-hydrogen) atoms. The van der Waals surface area contributed by atoms with E-state index in [9.17, 15) is 13.2 Å². The van der Waals surface area contributed by atoms with Crippen molar-refractivity contribution in [1.82, 2.24) is 19.9 Å². The third kappa shape index (κ3) is 4.26. The van der Waals surface area contributed by atoms with Crippen molar-refractivity contribution in [3.05, 3.63) is 89.4 Å². The van der Waals surface area contributed by atoms with Gasteiger partial charge in [-0.1, -0.05) is 18.2 Å². The maximum Gasteiger partial charge on any atom is 0.261 e. The van der Waals surface area contributed by atoms with Crippen molar-refractivity contribution in [2.24, 2.45) is 0 Å². The van der Waals surface area contributed by atoms with E-state index in [0.29, 0.717) is 22.7 Å². The Balaban J connectivity index is 1.45. The molecule has 4 rings (SSSR count). The van der Waals surface area contributed by atoms with Crippen LogP contribution in [0.1, 0.15) is 27.3 Å². The molecular formula is C22H21N5O3S. The Kier molecular flexibility index (Phi) is 5.43. The van der Waals surface area contributed by atoms with Crippen LogP contribution in [-0.2, 0) is 16.6 Å². The highest BCUT2D eigenvalue weighted by Gasteiger charge is 2.17. The van der Waals surface area contributed by atoms with Gasteiger partial charge in [-0.25, -0.2) is 8.42 Å². The Morgan fingerprint density at radius 1 is 0.968 bits per heavy atom. The van der Waals surface area contributed by atoms with E-state index >= 15 is 0 Å². The number of rotatable bonds is 6. The summed E-state index contributed by atoms with van der Waals surface area (Å²) in [6.45, 7) is 3.97. The average Bonchev–Trinajstić information content (AvgIpc) is 3.18. The predicted octanol–water partition coefficient (Wildman–Crippen LogP) is 3.08. The number of fused-ring (bicyclic) bond motifs is 1. The van der Waals surface area contributed by atoms with E-state index in [1.807, 2.05) is 44.3 Å². The Labute approximate surface area is 180 Å². The van der Waals surface area contributed by atoms with Gasteiger partial charge in [0.15, 0.2) is 11.5 Å². The molecule has 9 heteroatoms. The topological polar surface area (TPSA) is 105 Å². The number of amides is 1. The molecule has 0 saturated carbocycles. The summed E-state index contributed by atoms with van der Waals surface area (Å²) >= 11 is 0. The van der Waals surface area contributed by atoms with E-state index in [4.69, 9.17) is 0 Å². The van der Waals surface area contributed by atoms with Crippen LogP contribution in [0, 0.1) is 13.8 Å². The van der Waals surface area contributed by atoms with Gasteiger partial charge >= 0.3 is 0 Å². The van der Waals surface area contributed by atoms with E-state index in [0.717, 1.165) is 11.1 Å². The Morgan fingerprint density at radius 3 is 2.52 bits per heavy atom. The van der Waals surface area contributed by atoms with Crippen LogP contribution < -0.4 is 10.0 Å². The SMILES string of the molecule is Cc1cccc(NS(=O)(=O)c2ccc(C(=O)NCc3nnc4ccccn34)cc2)c1C. The third-order valence-electron chi connectivity index (χ3n) is 5.07. The summed E-state index contributed by atoms with van der Waals surface area (Å²) in [6, 6.07) is 16.8. The molecule has 0 atom stereocenters. The molecule has 0 aliphatic rings. The lowest BCUT2D eigenvalue weighted by atomic mass is 10.1. The largest absolute Gasteiger partial charge is 0.345 e. The molecule has 158 valence electrons. The van der Waals surface area contributed by atoms with Crippen molar-refractivity contribution >= 4 is 27.3 Å². The Hall–Kier alpha value is -3.72. The average molecular weight is 436 g/mol. The van der Waals surface area contributed by atoms with Crippen LogP contribution in [0.2, 0.25) is 0 Å². The van der Waals surface area contributed by atoms with Gasteiger partial charge < -0.3 is 5.32 Å². The lowest BCUT2D eigenvalue weighted by Gasteiger charge is -2.12. The van der Waals surface area contributed by atoms with Gasteiger partial charge in [-0.3, -0.25) is 13.9 Å². The van der Waals surface area contributed by atoms with Crippen LogP contribution in [0.3, 0.4) is 0 Å². The maximum atomic E-state index is 12.7. The lowest BCUT2D eigenvalue weighted by molar-refractivity contribution is 0.0949. The quantitative estimate of drug-likeness (QED) is 0.484. The molecule has 0 radical (unpaired) electrons. The molecule has 0 saturated heterocycles. The number of aryl methyl sites for hydroxylation is 1. The molecule has 2 N–H and O–H groups in total. The summed E-state index contributed by atoms with van der Waals surface area (Å²) in [5.74, 6) is 0.264. The standard InChI is InChI=1S/C22H21N5O3S/c1-15-6-5-7-19(16(15)2)26-31(29,30)18-11-9-17(10-12-18)22(28)23-14-21-25-24-20-8-3-4-13-27(20)21/h3-13,26H,14H2,1-2H3,(H,23,28). The minimum absolute atomic E-state index is 0.0772. The van der Waals surface area contributed by atoms with Crippen molar-refractivity contribution in [3.8, 4) is 0 Å². The van der Waals surface area contributed by atoms with Crippen LogP contribution in [-0.4, -0.2) is 28.9 Å². The van der Waals surface area contributed by atoms with E-state index in [-0.39, 0.29) is 17.3 Å². The number of nitrogens with one attached hydrogen (secondary N) is 2. The summed E-state index contributed by atoms with van der Waals surface area (Å²) < 4.78 is 29.8. The molecule has 0 aliphatic carbocycles. The minimum Gasteiger partial charge on any atom is -0.345 e. The fourth-order valence-corrected chi connectivity index (χ4v) is 4.25. The molecule has 1 amide bonds. The van der Waals surface area contributed by atoms with Gasteiger partial charge in [0.25, 0.3) is 15.9 Å². The van der Waals surface area contributed by atoms with Crippen LogP contribution in [0.25, 0.3) is 5.65 Å². The van der Waals surface area contributed by atoms with E-state index in [2.05, 4.69) is 20.2 Å². The smallest absolute Gasteiger partial charge is 0.261 e. The van der Waals surface area contributed by atoms with Crippen molar-refractivity contribution in [2.45, 2.75) is 25.3 Å². The fraction of sp³-hybridized carbons (Fsp3) is 0.136. The van der Waals surface area contributed by atoms with Crippen molar-refractivity contribution in [2.75, 3.05) is 4.72 Å². The number of anilines is 1. The van der Waals surface area contributed by atoms with E-state index in [1.54, 1.807) is 16.5 Å². The van der Waals surface area contributed by atoms with Crippen LogP contribution in [0.15, 0.2) is 71.8 Å². The van der Waals surface area contributed by atoms with E-state index < -0.39 is 10.0 Å². The number of nitrogens with zero attached hydrogens (tertiary/aromatic N) is 3. The first-order valence-corrected chi connectivity index (χ1v) is 11.1. The molecule has 4 aromatic rings. The molecular weight excluding hydrogens is 414 g/mol. The number of hydrogen-bond acceptors (Lipinski definition) is 5. The van der Waals surface area contributed by atoms with Crippen LogP contribution >= 0.6 is 0 Å². The Bertz CT molecular complexity index is 1360. The summed E-state index contributed by atoms with van der Waals surface area (Å²) in [7, 11) is -3.77. The molecule has 2 aromatic carbocycles. The van der Waals surface area contributed by atoms with Gasteiger partial charge in [0.05, 0.1) is 17.1 Å². The molecule has 0 spiro atoms. The zero-order chi connectivity index (χ0) is 22.0. The van der Waals surface area contributed by atoms with Gasteiger partial charge in [0.1, 0.15) is 0 Å². The van der Waals surface area contributed by atoms with Gasteiger partial charge in [-0.2, -0.15) is 0 Å². The first kappa shape index (κ1) is 20.5. The van der Waals surface area contributed by atoms with Crippen molar-refractivity contribution in [3.63, 3.8) is 0 Å². The zero-order valence-electron chi connectivity index (χ0n) is 17.0. The van der Waals surface area contributed by atoms with Gasteiger partial charge in [0.2, 0.25) is 0 Å². The van der Waals surface area contributed by atoms with E-state index in [1.165, 1.54) is 24.3 Å². The number of pyridine rings is 1. The summed E-state index contributed by atoms with van der Waals surface area (Å²) in [4.78, 5) is 12.6. The van der Waals surface area contributed by atoms with Crippen LogP contribution in [0.5, 0.6) is 0 Å². The fourth-order valence-electron chi connectivity index (χ4n) is 3.12. The molecule has 0 unspecified atom stereocenters. The van der Waals surface area contributed by atoms with Crippen LogP contribution in [0.4, 0.5) is 5.69 Å². The number of sulfonamides is 1. The normalized spacial score (nSPS) is 11.4. The van der Waals surface area contributed by atoms with Crippen molar-refractivity contribution in [1.29, 1.82) is 0 Å². The molecule has 2 heterocycles. The summed E-state index contributed by atoms with van der Waals surface area (Å²) in [6.07, 6.45) is 1.82. The number of benzene rings is 2. The first-order chi connectivity index (χ1) is 14.8. The molecule has 0 aliphatic heterocycles. The van der Waals surface area contributed by atoms with Gasteiger partial charge in [-0.15, -0.1) is 10.2 Å². The number of aromatic nitrogens is 3. The summed E-state index contributed by atoms with van der Waals surface area (Å²) in [5.41, 5.74) is 3.43. The third-order valence-corrected chi connectivity index (χ3v) is 6.45. The zero-order valence-corrected chi connectivity index (χ0v) is 17.8. The van der Waals surface area contributed by atoms with Crippen molar-refractivity contribution < 1.29 is 13.2 Å². The second kappa shape index (κ2) is 8.19. The second-order valence-electron chi connectivity index (χ2n) is 7.11. The molecule has 0 fully saturated rings. The number of carbonyl (C=O) groups excluding carboxylic acids is 1. The maximum absolute atomic E-state index is 12.7. The monoisotopic (exact) mass is 435 g/mol. The highest BCUT2D eigenvalue weighted by atomic mass is 32.2. The van der Waals surface area contributed by atoms with Gasteiger partial charge in [-0.05, 0) is 67.4 Å². The molecule has 0 bridgehead atoms. The summed E-state index contributed by atoms with van der Waals surface area (Å²) in [5, 5.41) is 10.9. The minimum atomic E-state index is -3.77. The van der Waals surface area contributed by atoms with Gasteiger partial charge in [0, 0.05) is 11.8 Å².